The molecule has 0 aliphatic rings. The summed E-state index contributed by atoms with van der Waals surface area (Å²) in [6.07, 6.45) is -4.53. The highest BCUT2D eigenvalue weighted by Gasteiger charge is 2.34. The fraction of sp³-hybridized carbons (Fsp3) is 0.190. The summed E-state index contributed by atoms with van der Waals surface area (Å²) in [4.78, 5) is 3.48. The van der Waals surface area contributed by atoms with Gasteiger partial charge in [-0.2, -0.15) is 23.5 Å². The molecule has 0 fully saturated rings. The number of benzene rings is 2. The average molecular weight is 382 g/mol. The van der Waals surface area contributed by atoms with Crippen LogP contribution in [0.2, 0.25) is 0 Å². The van der Waals surface area contributed by atoms with E-state index >= 15 is 0 Å². The fourth-order valence-corrected chi connectivity index (χ4v) is 3.24. The summed E-state index contributed by atoms with van der Waals surface area (Å²) < 4.78 is 41.8. The molecule has 3 rings (SSSR count). The lowest BCUT2D eigenvalue weighted by Crippen LogP contribution is -2.06. The Bertz CT molecular complexity index is 1090. The van der Waals surface area contributed by atoms with Crippen molar-refractivity contribution < 1.29 is 13.2 Å². The molecule has 0 radical (unpaired) electrons. The van der Waals surface area contributed by atoms with E-state index in [-0.39, 0.29) is 5.69 Å². The molecule has 0 atom stereocenters. The van der Waals surface area contributed by atoms with Gasteiger partial charge in [-0.05, 0) is 56.0 Å². The number of alkyl halides is 3. The van der Waals surface area contributed by atoms with Crippen molar-refractivity contribution in [3.05, 3.63) is 70.5 Å². The summed E-state index contributed by atoms with van der Waals surface area (Å²) in [5.74, 6) is 0. The maximum atomic E-state index is 13.4. The fourth-order valence-electron chi connectivity index (χ4n) is 3.24. The van der Waals surface area contributed by atoms with Crippen molar-refractivity contribution in [1.82, 2.24) is 9.78 Å². The summed E-state index contributed by atoms with van der Waals surface area (Å²) in [7, 11) is 0. The Morgan fingerprint density at radius 1 is 1.18 bits per heavy atom. The molecule has 0 saturated carbocycles. The third-order valence-corrected chi connectivity index (χ3v) is 4.53. The first-order valence-electron chi connectivity index (χ1n) is 8.46. The van der Waals surface area contributed by atoms with Crippen LogP contribution in [0.4, 0.5) is 18.9 Å². The maximum absolute atomic E-state index is 13.4. The zero-order chi connectivity index (χ0) is 20.5. The molecule has 3 aromatic rings. The van der Waals surface area contributed by atoms with E-state index in [9.17, 15) is 13.2 Å². The molecule has 7 heteroatoms. The molecule has 0 N–H and O–H groups in total. The van der Waals surface area contributed by atoms with Crippen molar-refractivity contribution in [3.63, 3.8) is 0 Å². The highest BCUT2D eigenvalue weighted by Crippen LogP contribution is 2.39. The summed E-state index contributed by atoms with van der Waals surface area (Å²) in [6, 6.07) is 13.2. The second-order valence-electron chi connectivity index (χ2n) is 6.40. The van der Waals surface area contributed by atoms with E-state index in [2.05, 4.69) is 22.9 Å². The van der Waals surface area contributed by atoms with E-state index in [1.807, 2.05) is 13.0 Å². The molecule has 0 aliphatic heterocycles. The van der Waals surface area contributed by atoms with Gasteiger partial charge in [-0.1, -0.05) is 18.2 Å². The minimum absolute atomic E-state index is 0.202. The third-order valence-electron chi connectivity index (χ3n) is 4.53. The zero-order valence-corrected chi connectivity index (χ0v) is 15.4. The molecular weight excluding hydrogens is 365 g/mol. The predicted octanol–water partition coefficient (Wildman–Crippen LogP) is 5.44. The van der Waals surface area contributed by atoms with Gasteiger partial charge in [-0.25, -0.2) is 0 Å². The first-order chi connectivity index (χ1) is 13.2. The Kier molecular flexibility index (Phi) is 5.06. The van der Waals surface area contributed by atoms with Gasteiger partial charge in [-0.15, -0.1) is 0 Å². The van der Waals surface area contributed by atoms with Gasteiger partial charge in [0.1, 0.15) is 0 Å². The molecule has 28 heavy (non-hydrogen) atoms. The van der Waals surface area contributed by atoms with Crippen molar-refractivity contribution in [2.24, 2.45) is 4.99 Å². The van der Waals surface area contributed by atoms with Crippen molar-refractivity contribution in [2.45, 2.75) is 26.6 Å². The highest BCUT2D eigenvalue weighted by molar-refractivity contribution is 5.72. The van der Waals surface area contributed by atoms with E-state index in [4.69, 9.17) is 5.26 Å². The van der Waals surface area contributed by atoms with Gasteiger partial charge >= 0.3 is 6.18 Å². The standard InChI is InChI=1S/C21H17F3N4/c1-13-20(17-7-8-19(26-3)18(10-17)21(22,23)24)14(2)28(27-13)12-16-6-4-5-15(9-16)11-25/h4-10H,3,12H2,1-2H3. The lowest BCUT2D eigenvalue weighted by Gasteiger charge is -2.12. The number of nitriles is 1. The van der Waals surface area contributed by atoms with E-state index in [1.165, 1.54) is 6.07 Å². The molecule has 0 saturated heterocycles. The topological polar surface area (TPSA) is 54.0 Å². The summed E-state index contributed by atoms with van der Waals surface area (Å²) in [5, 5.41) is 13.5. The van der Waals surface area contributed by atoms with Crippen LogP contribution in [0, 0.1) is 25.2 Å². The van der Waals surface area contributed by atoms with Gasteiger partial charge in [0.15, 0.2) is 0 Å². The van der Waals surface area contributed by atoms with Crippen LogP contribution in [0.25, 0.3) is 11.1 Å². The summed E-state index contributed by atoms with van der Waals surface area (Å²) >= 11 is 0. The number of nitrogens with zero attached hydrogens (tertiary/aromatic N) is 4. The lowest BCUT2D eigenvalue weighted by molar-refractivity contribution is -0.137. The van der Waals surface area contributed by atoms with Crippen LogP contribution in [-0.4, -0.2) is 16.5 Å². The normalized spacial score (nSPS) is 11.3. The number of halogens is 3. The monoisotopic (exact) mass is 382 g/mol. The molecule has 4 nitrogen and oxygen atoms in total. The Morgan fingerprint density at radius 3 is 2.57 bits per heavy atom. The predicted molar refractivity (Wildman–Crippen MR) is 102 cm³/mol. The number of rotatable bonds is 4. The van der Waals surface area contributed by atoms with Gasteiger partial charge in [0.2, 0.25) is 0 Å². The van der Waals surface area contributed by atoms with Crippen LogP contribution in [0.1, 0.15) is 28.1 Å². The maximum Gasteiger partial charge on any atom is 0.418 e. The largest absolute Gasteiger partial charge is 0.418 e. The quantitative estimate of drug-likeness (QED) is 0.565. The lowest BCUT2D eigenvalue weighted by atomic mass is 10.00. The van der Waals surface area contributed by atoms with Gasteiger partial charge in [0, 0.05) is 11.3 Å². The molecule has 2 aromatic carbocycles. The minimum atomic E-state index is -4.53. The zero-order valence-electron chi connectivity index (χ0n) is 15.4. The highest BCUT2D eigenvalue weighted by atomic mass is 19.4. The molecule has 1 aromatic heterocycles. The van der Waals surface area contributed by atoms with Crippen LogP contribution < -0.4 is 0 Å². The molecule has 0 amide bonds. The van der Waals surface area contributed by atoms with Crippen LogP contribution >= 0.6 is 0 Å². The van der Waals surface area contributed by atoms with Crippen LogP contribution in [0.3, 0.4) is 0 Å². The SMILES string of the molecule is C=Nc1ccc(-c2c(C)nn(Cc3cccc(C#N)c3)c2C)cc1C(F)(F)F. The Balaban J connectivity index is 2.05. The van der Waals surface area contributed by atoms with Gasteiger partial charge in [0.25, 0.3) is 0 Å². The van der Waals surface area contributed by atoms with E-state index in [1.54, 1.807) is 35.9 Å². The molecule has 0 aliphatic carbocycles. The van der Waals surface area contributed by atoms with Gasteiger partial charge < -0.3 is 0 Å². The number of hydrogen-bond acceptors (Lipinski definition) is 3. The van der Waals surface area contributed by atoms with Crippen molar-refractivity contribution in [1.29, 1.82) is 5.26 Å². The second-order valence-corrected chi connectivity index (χ2v) is 6.40. The van der Waals surface area contributed by atoms with E-state index in [0.29, 0.717) is 28.9 Å². The summed E-state index contributed by atoms with van der Waals surface area (Å²) in [6.45, 7) is 7.21. The molecule has 1 heterocycles. The number of aryl methyl sites for hydroxylation is 1. The van der Waals surface area contributed by atoms with E-state index in [0.717, 1.165) is 17.3 Å². The Morgan fingerprint density at radius 2 is 1.93 bits per heavy atom. The van der Waals surface area contributed by atoms with Crippen molar-refractivity contribution in [3.8, 4) is 17.2 Å². The number of aliphatic imine (C=N–C) groups is 1. The second kappa shape index (κ2) is 7.31. The first-order valence-corrected chi connectivity index (χ1v) is 8.46. The van der Waals surface area contributed by atoms with Gasteiger partial charge in [0.05, 0.1) is 35.1 Å². The van der Waals surface area contributed by atoms with Crippen molar-refractivity contribution in [2.75, 3.05) is 0 Å². The smallest absolute Gasteiger partial charge is 0.265 e. The van der Waals surface area contributed by atoms with Crippen LogP contribution in [0.5, 0.6) is 0 Å². The Labute approximate surface area is 160 Å². The van der Waals surface area contributed by atoms with E-state index < -0.39 is 11.7 Å². The average Bonchev–Trinajstić information content (AvgIpc) is 2.94. The van der Waals surface area contributed by atoms with Gasteiger partial charge in [-0.3, -0.25) is 9.67 Å². The number of aromatic nitrogens is 2. The molecule has 142 valence electrons. The third kappa shape index (κ3) is 3.67. The number of hydrogen-bond donors (Lipinski definition) is 0. The molecule has 0 bridgehead atoms. The van der Waals surface area contributed by atoms with Crippen LogP contribution in [-0.2, 0) is 12.7 Å². The molecular formula is C21H17F3N4. The van der Waals surface area contributed by atoms with Crippen molar-refractivity contribution >= 4 is 12.4 Å². The molecule has 0 unspecified atom stereocenters. The minimum Gasteiger partial charge on any atom is -0.265 e. The first kappa shape index (κ1) is 19.4. The van der Waals surface area contributed by atoms with Crippen LogP contribution in [0.15, 0.2) is 47.5 Å². The summed E-state index contributed by atoms with van der Waals surface area (Å²) in [5.41, 5.74) is 2.85. The Hall–Kier alpha value is -3.40. The molecule has 0 spiro atoms.